The molecule has 0 heterocycles. The van der Waals surface area contributed by atoms with E-state index >= 15 is 0 Å². The van der Waals surface area contributed by atoms with Gasteiger partial charge in [0.05, 0.1) is 7.11 Å². The molecule has 2 N–H and O–H groups in total. The molecule has 146 valence electrons. The summed E-state index contributed by atoms with van der Waals surface area (Å²) in [5.41, 5.74) is 1.78. The summed E-state index contributed by atoms with van der Waals surface area (Å²) in [4.78, 5) is 13.1. The summed E-state index contributed by atoms with van der Waals surface area (Å²) in [6, 6.07) is 15.0. The number of ether oxygens (including phenoxy) is 2. The number of carbonyl (C=O) groups is 1. The van der Waals surface area contributed by atoms with Gasteiger partial charge in [0.1, 0.15) is 24.2 Å². The predicted molar refractivity (Wildman–Crippen MR) is 106 cm³/mol. The molecular weight excluding hydrogens is 344 g/mol. The number of hydrogen-bond donors (Lipinski definition) is 2. The largest absolute Gasteiger partial charge is 0.496 e. The molecule has 2 rings (SSSR count). The molecule has 6 heteroatoms. The van der Waals surface area contributed by atoms with Crippen molar-refractivity contribution in [2.75, 3.05) is 32.6 Å². The van der Waals surface area contributed by atoms with Crippen LogP contribution in [0.5, 0.6) is 11.5 Å². The van der Waals surface area contributed by atoms with E-state index < -0.39 is 6.10 Å². The third-order valence-electron chi connectivity index (χ3n) is 4.37. The number of hydrogen-bond acceptors (Lipinski definition) is 5. The number of carbonyl (C=O) groups excluding carboxylic acids is 1. The van der Waals surface area contributed by atoms with Crippen LogP contribution in [0.1, 0.15) is 25.5 Å². The van der Waals surface area contributed by atoms with Gasteiger partial charge in [-0.3, -0.25) is 9.69 Å². The molecule has 0 aliphatic carbocycles. The lowest BCUT2D eigenvalue weighted by atomic mass is 10.1. The smallest absolute Gasteiger partial charge is 0.221 e. The Bertz CT molecular complexity index is 733. The first-order chi connectivity index (χ1) is 12.9. The zero-order valence-corrected chi connectivity index (χ0v) is 16.3. The van der Waals surface area contributed by atoms with Crippen LogP contribution in [0, 0.1) is 0 Å². The lowest BCUT2D eigenvalue weighted by Gasteiger charge is -2.28. The normalized spacial score (nSPS) is 13.1. The van der Waals surface area contributed by atoms with Crippen molar-refractivity contribution in [3.8, 4) is 11.5 Å². The summed E-state index contributed by atoms with van der Waals surface area (Å²) in [5.74, 6) is 1.36. The molecule has 6 nitrogen and oxygen atoms in total. The summed E-state index contributed by atoms with van der Waals surface area (Å²) in [7, 11) is 3.62. The number of anilines is 1. The molecule has 27 heavy (non-hydrogen) atoms. The molecule has 0 saturated carbocycles. The number of nitrogens with one attached hydrogen (secondary N) is 1. The monoisotopic (exact) mass is 372 g/mol. The summed E-state index contributed by atoms with van der Waals surface area (Å²) in [5, 5.41) is 13.0. The van der Waals surface area contributed by atoms with Crippen LogP contribution >= 0.6 is 0 Å². The van der Waals surface area contributed by atoms with Gasteiger partial charge in [-0.15, -0.1) is 0 Å². The second-order valence-corrected chi connectivity index (χ2v) is 6.53. The van der Waals surface area contributed by atoms with Crippen LogP contribution in [-0.4, -0.2) is 49.3 Å². The number of aliphatic hydroxyl groups is 1. The average Bonchev–Trinajstić information content (AvgIpc) is 2.66. The van der Waals surface area contributed by atoms with Gasteiger partial charge in [0.2, 0.25) is 5.91 Å². The molecule has 0 spiro atoms. The molecule has 2 aromatic rings. The first kappa shape index (κ1) is 20.7. The van der Waals surface area contributed by atoms with Crippen molar-refractivity contribution >= 4 is 11.6 Å². The van der Waals surface area contributed by atoms with Crippen molar-refractivity contribution in [1.29, 1.82) is 0 Å². The van der Waals surface area contributed by atoms with E-state index in [0.29, 0.717) is 18.0 Å². The molecule has 2 aromatic carbocycles. The second kappa shape index (κ2) is 9.94. The number of methoxy groups -OCH3 is 1. The highest BCUT2D eigenvalue weighted by Crippen LogP contribution is 2.28. The average molecular weight is 372 g/mol. The molecule has 0 bridgehead atoms. The lowest BCUT2D eigenvalue weighted by molar-refractivity contribution is -0.114. The summed E-state index contributed by atoms with van der Waals surface area (Å²) >= 11 is 0. The number of nitrogens with zero attached hydrogens (tertiary/aromatic N) is 1. The van der Waals surface area contributed by atoms with Crippen molar-refractivity contribution < 1.29 is 19.4 Å². The molecule has 2 unspecified atom stereocenters. The van der Waals surface area contributed by atoms with Gasteiger partial charge in [-0.25, -0.2) is 0 Å². The Balaban J connectivity index is 1.85. The maximum atomic E-state index is 11.0. The molecule has 0 saturated heterocycles. The van der Waals surface area contributed by atoms with Gasteiger partial charge >= 0.3 is 0 Å². The first-order valence-electron chi connectivity index (χ1n) is 8.92. The van der Waals surface area contributed by atoms with Crippen molar-refractivity contribution in [3.63, 3.8) is 0 Å². The van der Waals surface area contributed by atoms with Crippen LogP contribution in [0.4, 0.5) is 5.69 Å². The highest BCUT2D eigenvalue weighted by atomic mass is 16.5. The van der Waals surface area contributed by atoms with Gasteiger partial charge in [-0.1, -0.05) is 18.2 Å². The van der Waals surface area contributed by atoms with E-state index in [1.54, 1.807) is 31.4 Å². The Hall–Kier alpha value is -2.57. The van der Waals surface area contributed by atoms with E-state index in [2.05, 4.69) is 17.1 Å². The van der Waals surface area contributed by atoms with Gasteiger partial charge in [0.25, 0.3) is 0 Å². The Morgan fingerprint density at radius 2 is 1.85 bits per heavy atom. The maximum Gasteiger partial charge on any atom is 0.221 e. The second-order valence-electron chi connectivity index (χ2n) is 6.53. The minimum Gasteiger partial charge on any atom is -0.496 e. The number of benzene rings is 2. The molecule has 0 fully saturated rings. The Kier molecular flexibility index (Phi) is 7.64. The molecule has 0 aliphatic heterocycles. The van der Waals surface area contributed by atoms with E-state index in [0.717, 1.165) is 11.3 Å². The van der Waals surface area contributed by atoms with E-state index in [1.807, 2.05) is 31.3 Å². The van der Waals surface area contributed by atoms with E-state index in [1.165, 1.54) is 6.92 Å². The fourth-order valence-corrected chi connectivity index (χ4v) is 2.82. The highest BCUT2D eigenvalue weighted by molar-refractivity contribution is 5.88. The van der Waals surface area contributed by atoms with Crippen molar-refractivity contribution in [3.05, 3.63) is 54.1 Å². The molecule has 1 amide bonds. The first-order valence-corrected chi connectivity index (χ1v) is 8.92. The van der Waals surface area contributed by atoms with Crippen LogP contribution < -0.4 is 14.8 Å². The lowest BCUT2D eigenvalue weighted by Crippen LogP contribution is -2.34. The zero-order valence-electron chi connectivity index (χ0n) is 16.3. The van der Waals surface area contributed by atoms with Crippen LogP contribution in [0.2, 0.25) is 0 Å². The third-order valence-corrected chi connectivity index (χ3v) is 4.37. The van der Waals surface area contributed by atoms with Gasteiger partial charge in [-0.2, -0.15) is 0 Å². The van der Waals surface area contributed by atoms with E-state index in [-0.39, 0.29) is 18.6 Å². The standard InChI is InChI=1S/C21H28N2O4/c1-15(20-7-5-6-8-21(20)26-4)23(3)13-18(25)14-27-19-11-9-17(10-12-19)22-16(2)24/h5-12,15,18,25H,13-14H2,1-4H3,(H,22,24). The van der Waals surface area contributed by atoms with Crippen molar-refractivity contribution in [2.45, 2.75) is 26.0 Å². The Labute approximate surface area is 160 Å². The van der Waals surface area contributed by atoms with Gasteiger partial charge in [0.15, 0.2) is 0 Å². The van der Waals surface area contributed by atoms with Crippen molar-refractivity contribution in [2.24, 2.45) is 0 Å². The van der Waals surface area contributed by atoms with E-state index in [4.69, 9.17) is 9.47 Å². The fourth-order valence-electron chi connectivity index (χ4n) is 2.82. The zero-order chi connectivity index (χ0) is 19.8. The van der Waals surface area contributed by atoms with Crippen molar-refractivity contribution in [1.82, 2.24) is 4.90 Å². The number of amides is 1. The fraction of sp³-hybridized carbons (Fsp3) is 0.381. The summed E-state index contributed by atoms with van der Waals surface area (Å²) < 4.78 is 11.1. The van der Waals surface area contributed by atoms with Crippen LogP contribution in [0.25, 0.3) is 0 Å². The maximum absolute atomic E-state index is 11.0. The molecule has 2 atom stereocenters. The van der Waals surface area contributed by atoms with Crippen LogP contribution in [0.15, 0.2) is 48.5 Å². The van der Waals surface area contributed by atoms with Crippen LogP contribution in [-0.2, 0) is 4.79 Å². The third kappa shape index (κ3) is 6.27. The highest BCUT2D eigenvalue weighted by Gasteiger charge is 2.18. The van der Waals surface area contributed by atoms with Gasteiger partial charge < -0.3 is 19.9 Å². The summed E-state index contributed by atoms with van der Waals surface area (Å²) in [6.07, 6.45) is -0.637. The minimum atomic E-state index is -0.637. The number of rotatable bonds is 9. The van der Waals surface area contributed by atoms with E-state index in [9.17, 15) is 9.90 Å². The topological polar surface area (TPSA) is 71.0 Å². The Morgan fingerprint density at radius 3 is 2.48 bits per heavy atom. The molecule has 0 aromatic heterocycles. The number of likely N-dealkylation sites (N-methyl/N-ethyl adjacent to an activating group) is 1. The predicted octanol–water partition coefficient (Wildman–Crippen LogP) is 3.09. The molecular formula is C21H28N2O4. The number of para-hydroxylation sites is 1. The quantitative estimate of drug-likeness (QED) is 0.708. The minimum absolute atomic E-state index is 0.0905. The Morgan fingerprint density at radius 1 is 1.19 bits per heavy atom. The molecule has 0 radical (unpaired) electrons. The van der Waals surface area contributed by atoms with Crippen LogP contribution in [0.3, 0.4) is 0 Å². The van der Waals surface area contributed by atoms with Gasteiger partial charge in [-0.05, 0) is 44.3 Å². The number of aliphatic hydroxyl groups excluding tert-OH is 1. The molecule has 0 aliphatic rings. The SMILES string of the molecule is COc1ccccc1C(C)N(C)CC(O)COc1ccc(NC(C)=O)cc1. The van der Waals surface area contributed by atoms with Gasteiger partial charge in [0, 0.05) is 30.8 Å². The summed E-state index contributed by atoms with van der Waals surface area (Å²) in [6.45, 7) is 4.18.